The highest BCUT2D eigenvalue weighted by Gasteiger charge is 2.67. The van der Waals surface area contributed by atoms with Crippen molar-refractivity contribution in [1.82, 2.24) is 0 Å². The second-order valence-electron chi connectivity index (χ2n) is 10.0. The summed E-state index contributed by atoms with van der Waals surface area (Å²) in [6, 6.07) is 0. The minimum Gasteiger partial charge on any atom is -0.0654 e. The SMILES string of the molecule is CCCC1(C)CC2(C)C3(C)CCC1(C)CCC2(C)CC3. The standard InChI is InChI=1S/C20H36/c1-7-8-19(5)15-20(6)17(3)11-9-16(19,2)10-12-18(20,4)14-13-17/h7-15H2,1-6H3. The molecule has 0 N–H and O–H groups in total. The van der Waals surface area contributed by atoms with E-state index < -0.39 is 0 Å². The van der Waals surface area contributed by atoms with E-state index in [4.69, 9.17) is 0 Å². The predicted octanol–water partition coefficient (Wildman–Crippen LogP) is 6.59. The van der Waals surface area contributed by atoms with E-state index in [0.29, 0.717) is 27.1 Å². The van der Waals surface area contributed by atoms with E-state index in [1.807, 2.05) is 0 Å². The number of hydrogen-bond acceptors (Lipinski definition) is 0. The zero-order valence-electron chi connectivity index (χ0n) is 14.9. The third kappa shape index (κ3) is 1.55. The molecule has 0 aromatic carbocycles. The lowest BCUT2D eigenvalue weighted by Gasteiger charge is -2.51. The Morgan fingerprint density at radius 1 is 0.650 bits per heavy atom. The van der Waals surface area contributed by atoms with Crippen molar-refractivity contribution in [3.63, 3.8) is 0 Å². The van der Waals surface area contributed by atoms with Crippen LogP contribution in [0.3, 0.4) is 0 Å². The van der Waals surface area contributed by atoms with Gasteiger partial charge in [0.1, 0.15) is 0 Å². The Balaban J connectivity index is 2.15. The van der Waals surface area contributed by atoms with Crippen LogP contribution >= 0.6 is 0 Å². The van der Waals surface area contributed by atoms with Crippen molar-refractivity contribution in [3.05, 3.63) is 0 Å². The maximum Gasteiger partial charge on any atom is -0.0213 e. The van der Waals surface area contributed by atoms with Gasteiger partial charge in [-0.15, -0.1) is 0 Å². The fourth-order valence-corrected chi connectivity index (χ4v) is 6.83. The van der Waals surface area contributed by atoms with Crippen LogP contribution in [0.4, 0.5) is 0 Å². The van der Waals surface area contributed by atoms with Crippen molar-refractivity contribution >= 4 is 0 Å². The van der Waals surface area contributed by atoms with Gasteiger partial charge in [0.25, 0.3) is 0 Å². The van der Waals surface area contributed by atoms with Gasteiger partial charge in [-0.1, -0.05) is 48.0 Å². The summed E-state index contributed by atoms with van der Waals surface area (Å²) >= 11 is 0. The Hall–Kier alpha value is 0. The molecule has 20 heavy (non-hydrogen) atoms. The minimum absolute atomic E-state index is 0.566. The zero-order chi connectivity index (χ0) is 14.9. The topological polar surface area (TPSA) is 0 Å². The largest absolute Gasteiger partial charge is 0.0654 e. The van der Waals surface area contributed by atoms with Gasteiger partial charge in [-0.25, -0.2) is 0 Å². The van der Waals surface area contributed by atoms with E-state index in [9.17, 15) is 0 Å². The van der Waals surface area contributed by atoms with Gasteiger partial charge in [0.2, 0.25) is 0 Å². The third-order valence-electron chi connectivity index (χ3n) is 9.35. The number of hydrogen-bond donors (Lipinski definition) is 0. The van der Waals surface area contributed by atoms with Crippen LogP contribution in [0.2, 0.25) is 0 Å². The minimum atomic E-state index is 0.566. The van der Waals surface area contributed by atoms with Gasteiger partial charge in [-0.3, -0.25) is 0 Å². The van der Waals surface area contributed by atoms with Gasteiger partial charge in [0, 0.05) is 0 Å². The molecule has 0 nitrogen and oxygen atoms in total. The highest BCUT2D eigenvalue weighted by molar-refractivity contribution is 5.17. The van der Waals surface area contributed by atoms with Crippen molar-refractivity contribution < 1.29 is 0 Å². The Bertz CT molecular complexity index is 386. The van der Waals surface area contributed by atoms with Gasteiger partial charge in [-0.05, 0) is 78.4 Å². The molecule has 0 radical (unpaired) electrons. The summed E-state index contributed by atoms with van der Waals surface area (Å²) in [5.74, 6) is 0. The molecule has 3 saturated carbocycles. The summed E-state index contributed by atoms with van der Waals surface area (Å²) in [6.07, 6.45) is 13.2. The predicted molar refractivity (Wildman–Crippen MR) is 87.8 cm³/mol. The molecule has 0 amide bonds. The van der Waals surface area contributed by atoms with Crippen molar-refractivity contribution in [2.45, 2.75) is 99.3 Å². The van der Waals surface area contributed by atoms with Crippen LogP contribution in [0.15, 0.2) is 0 Å². The molecule has 116 valence electrons. The molecule has 0 heteroatoms. The zero-order valence-corrected chi connectivity index (χ0v) is 14.9. The first-order valence-corrected chi connectivity index (χ1v) is 9.14. The van der Waals surface area contributed by atoms with Crippen LogP contribution in [-0.4, -0.2) is 0 Å². The number of fused-ring (bicyclic) bond motifs is 2. The van der Waals surface area contributed by atoms with Crippen molar-refractivity contribution in [1.29, 1.82) is 0 Å². The Labute approximate surface area is 127 Å². The van der Waals surface area contributed by atoms with E-state index in [0.717, 1.165) is 0 Å². The average Bonchev–Trinajstić information content (AvgIpc) is 2.52. The molecule has 0 spiro atoms. The van der Waals surface area contributed by atoms with Crippen molar-refractivity contribution in [2.75, 3.05) is 0 Å². The molecular weight excluding hydrogens is 240 g/mol. The van der Waals surface area contributed by atoms with Crippen LogP contribution in [0.1, 0.15) is 99.3 Å². The summed E-state index contributed by atoms with van der Waals surface area (Å²) in [6.45, 7) is 15.7. The first-order chi connectivity index (χ1) is 9.14. The molecule has 0 aromatic rings. The van der Waals surface area contributed by atoms with E-state index in [2.05, 4.69) is 41.5 Å². The highest BCUT2D eigenvalue weighted by Crippen LogP contribution is 2.77. The van der Waals surface area contributed by atoms with Crippen LogP contribution < -0.4 is 0 Å². The van der Waals surface area contributed by atoms with Crippen LogP contribution in [0, 0.1) is 27.1 Å². The summed E-state index contributed by atoms with van der Waals surface area (Å²) in [5, 5.41) is 0. The molecule has 3 aliphatic rings. The summed E-state index contributed by atoms with van der Waals surface area (Å²) in [4.78, 5) is 0. The molecule has 3 fully saturated rings. The quantitative estimate of drug-likeness (QED) is 0.533. The van der Waals surface area contributed by atoms with Crippen LogP contribution in [-0.2, 0) is 0 Å². The van der Waals surface area contributed by atoms with Gasteiger partial charge < -0.3 is 0 Å². The molecule has 0 aromatic heterocycles. The van der Waals surface area contributed by atoms with Gasteiger partial charge in [0.05, 0.1) is 0 Å². The third-order valence-corrected chi connectivity index (χ3v) is 9.35. The smallest absolute Gasteiger partial charge is 0.0213 e. The van der Waals surface area contributed by atoms with Gasteiger partial charge >= 0.3 is 0 Å². The molecular formula is C20H36. The molecule has 0 heterocycles. The first kappa shape index (κ1) is 14.9. The van der Waals surface area contributed by atoms with E-state index in [1.165, 1.54) is 57.8 Å². The summed E-state index contributed by atoms with van der Waals surface area (Å²) in [5.41, 5.74) is 2.93. The molecule has 3 aliphatic carbocycles. The highest BCUT2D eigenvalue weighted by atomic mass is 14.7. The fourth-order valence-electron chi connectivity index (χ4n) is 6.83. The lowest BCUT2D eigenvalue weighted by molar-refractivity contribution is -0.0247. The second-order valence-corrected chi connectivity index (χ2v) is 10.0. The van der Waals surface area contributed by atoms with Crippen molar-refractivity contribution in [2.24, 2.45) is 27.1 Å². The number of rotatable bonds is 2. The van der Waals surface area contributed by atoms with E-state index in [-0.39, 0.29) is 0 Å². The molecule has 3 atom stereocenters. The lowest BCUT2D eigenvalue weighted by atomic mass is 9.53. The lowest BCUT2D eigenvalue weighted by Crippen LogP contribution is -2.43. The monoisotopic (exact) mass is 276 g/mol. The van der Waals surface area contributed by atoms with Crippen LogP contribution in [0.25, 0.3) is 0 Å². The Kier molecular flexibility index (Phi) is 3.02. The van der Waals surface area contributed by atoms with Gasteiger partial charge in [0.15, 0.2) is 0 Å². The van der Waals surface area contributed by atoms with Gasteiger partial charge in [-0.2, -0.15) is 0 Å². The molecule has 0 aliphatic heterocycles. The average molecular weight is 277 g/mol. The normalized spacial score (nSPS) is 58.5. The Morgan fingerprint density at radius 2 is 1.05 bits per heavy atom. The summed E-state index contributed by atoms with van der Waals surface area (Å²) in [7, 11) is 0. The Morgan fingerprint density at radius 3 is 1.45 bits per heavy atom. The van der Waals surface area contributed by atoms with E-state index in [1.54, 1.807) is 0 Å². The summed E-state index contributed by atoms with van der Waals surface area (Å²) < 4.78 is 0. The second kappa shape index (κ2) is 4.05. The maximum absolute atomic E-state index is 2.69. The fraction of sp³-hybridized carbons (Fsp3) is 1.00. The van der Waals surface area contributed by atoms with Crippen LogP contribution in [0.5, 0.6) is 0 Å². The molecule has 3 rings (SSSR count). The first-order valence-electron chi connectivity index (χ1n) is 9.14. The molecule has 0 saturated heterocycles. The maximum atomic E-state index is 2.69. The molecule has 2 bridgehead atoms. The van der Waals surface area contributed by atoms with Crippen molar-refractivity contribution in [3.8, 4) is 0 Å². The molecule has 3 unspecified atom stereocenters. The van der Waals surface area contributed by atoms with E-state index >= 15 is 0 Å².